The third-order valence-electron chi connectivity index (χ3n) is 2.57. The van der Waals surface area contributed by atoms with Crippen molar-refractivity contribution < 1.29 is 4.74 Å². The Balaban J connectivity index is 2.18. The zero-order valence-electron chi connectivity index (χ0n) is 10.1. The highest BCUT2D eigenvalue weighted by molar-refractivity contribution is 6.35. The number of halogens is 2. The molecule has 0 radical (unpaired) electrons. The normalized spacial score (nSPS) is 10.8. The van der Waals surface area contributed by atoms with Crippen LogP contribution in [-0.4, -0.2) is 26.8 Å². The van der Waals surface area contributed by atoms with Gasteiger partial charge in [-0.05, 0) is 43.5 Å². The molecule has 0 amide bonds. The Morgan fingerprint density at radius 3 is 2.47 bits per heavy atom. The second-order valence-electron chi connectivity index (χ2n) is 3.90. The van der Waals surface area contributed by atoms with E-state index >= 15 is 0 Å². The first-order valence-corrected chi connectivity index (χ1v) is 6.64. The maximum Gasteiger partial charge on any atom is 0.0587 e. The average Bonchev–Trinajstić information content (AvgIpc) is 2.31. The number of benzene rings is 1. The van der Waals surface area contributed by atoms with Gasteiger partial charge in [0.2, 0.25) is 0 Å². The molecule has 1 aromatic rings. The number of hydrogen-bond acceptors (Lipinski definition) is 2. The van der Waals surface area contributed by atoms with Crippen LogP contribution < -0.4 is 5.32 Å². The summed E-state index contributed by atoms with van der Waals surface area (Å²) in [6.07, 6.45) is 3.14. The molecule has 0 atom stereocenters. The molecule has 0 aliphatic carbocycles. The lowest BCUT2D eigenvalue weighted by atomic mass is 10.1. The molecule has 1 rings (SSSR count). The summed E-state index contributed by atoms with van der Waals surface area (Å²) >= 11 is 12.2. The molecule has 0 saturated heterocycles. The number of rotatable bonds is 8. The molecule has 0 bridgehead atoms. The van der Waals surface area contributed by atoms with Gasteiger partial charge in [-0.1, -0.05) is 29.3 Å². The highest BCUT2D eigenvalue weighted by Gasteiger charge is 2.04. The third kappa shape index (κ3) is 5.73. The fourth-order valence-corrected chi connectivity index (χ4v) is 2.21. The second-order valence-corrected chi connectivity index (χ2v) is 4.71. The Kier molecular flexibility index (Phi) is 7.62. The fraction of sp³-hybridized carbons (Fsp3) is 0.538. The summed E-state index contributed by atoms with van der Waals surface area (Å²) in [4.78, 5) is 0. The molecule has 0 heterocycles. The van der Waals surface area contributed by atoms with Crippen molar-refractivity contribution in [2.45, 2.75) is 19.3 Å². The quantitative estimate of drug-likeness (QED) is 0.733. The van der Waals surface area contributed by atoms with Crippen molar-refractivity contribution >= 4 is 23.2 Å². The molecular formula is C13H19Cl2NO. The van der Waals surface area contributed by atoms with Crippen LogP contribution in [0.25, 0.3) is 0 Å². The van der Waals surface area contributed by atoms with Crippen LogP contribution in [0.15, 0.2) is 18.2 Å². The highest BCUT2D eigenvalue weighted by atomic mass is 35.5. The van der Waals surface area contributed by atoms with Gasteiger partial charge >= 0.3 is 0 Å². The Hall–Kier alpha value is -0.280. The summed E-state index contributed by atoms with van der Waals surface area (Å²) in [5, 5.41) is 4.85. The summed E-state index contributed by atoms with van der Waals surface area (Å²) in [5.41, 5.74) is 1.06. The maximum atomic E-state index is 6.09. The van der Waals surface area contributed by atoms with Gasteiger partial charge in [0, 0.05) is 23.7 Å². The minimum absolute atomic E-state index is 0.760. The molecule has 0 fully saturated rings. The number of ether oxygens (including phenoxy) is 1. The fourth-order valence-electron chi connectivity index (χ4n) is 1.62. The van der Waals surface area contributed by atoms with Crippen molar-refractivity contribution in [3.63, 3.8) is 0 Å². The van der Waals surface area contributed by atoms with Crippen LogP contribution in [0, 0.1) is 0 Å². The third-order valence-corrected chi connectivity index (χ3v) is 3.28. The van der Waals surface area contributed by atoms with Crippen molar-refractivity contribution in [1.29, 1.82) is 0 Å². The summed E-state index contributed by atoms with van der Waals surface area (Å²) in [5.74, 6) is 0. The minimum Gasteiger partial charge on any atom is -0.383 e. The largest absolute Gasteiger partial charge is 0.383 e. The van der Waals surface area contributed by atoms with Crippen LogP contribution >= 0.6 is 23.2 Å². The Morgan fingerprint density at radius 1 is 1.12 bits per heavy atom. The highest BCUT2D eigenvalue weighted by Crippen LogP contribution is 2.25. The number of nitrogens with one attached hydrogen (secondary N) is 1. The standard InChI is InChI=1S/C13H19Cl2NO/c1-17-10-9-16-8-3-2-5-11-12(14)6-4-7-13(11)15/h4,6-7,16H,2-3,5,8-10H2,1H3. The number of hydrogen-bond donors (Lipinski definition) is 1. The minimum atomic E-state index is 0.760. The van der Waals surface area contributed by atoms with Crippen molar-refractivity contribution in [3.05, 3.63) is 33.8 Å². The molecule has 0 aliphatic rings. The van der Waals surface area contributed by atoms with Crippen LogP contribution in [0.5, 0.6) is 0 Å². The van der Waals surface area contributed by atoms with Crippen LogP contribution in [-0.2, 0) is 11.2 Å². The molecule has 1 N–H and O–H groups in total. The molecule has 0 aromatic heterocycles. The first kappa shape index (κ1) is 14.8. The molecule has 4 heteroatoms. The molecule has 96 valence electrons. The van der Waals surface area contributed by atoms with Gasteiger partial charge in [-0.25, -0.2) is 0 Å². The van der Waals surface area contributed by atoms with Gasteiger partial charge in [-0.3, -0.25) is 0 Å². The van der Waals surface area contributed by atoms with Crippen molar-refractivity contribution in [3.8, 4) is 0 Å². The predicted octanol–water partition coefficient (Wildman–Crippen LogP) is 3.55. The van der Waals surface area contributed by atoms with E-state index in [9.17, 15) is 0 Å². The molecule has 0 unspecified atom stereocenters. The van der Waals surface area contributed by atoms with Gasteiger partial charge in [-0.15, -0.1) is 0 Å². The average molecular weight is 276 g/mol. The van der Waals surface area contributed by atoms with Gasteiger partial charge in [0.1, 0.15) is 0 Å². The zero-order chi connectivity index (χ0) is 12.5. The topological polar surface area (TPSA) is 21.3 Å². The molecule has 0 saturated carbocycles. The molecule has 0 aliphatic heterocycles. The Labute approximate surface area is 113 Å². The van der Waals surface area contributed by atoms with E-state index in [0.717, 1.165) is 54.6 Å². The lowest BCUT2D eigenvalue weighted by Crippen LogP contribution is -2.20. The van der Waals surface area contributed by atoms with Crippen LogP contribution in [0.3, 0.4) is 0 Å². The molecule has 1 aromatic carbocycles. The van der Waals surface area contributed by atoms with Crippen molar-refractivity contribution in [1.82, 2.24) is 5.32 Å². The lowest BCUT2D eigenvalue weighted by Gasteiger charge is -2.07. The van der Waals surface area contributed by atoms with Crippen molar-refractivity contribution in [2.75, 3.05) is 26.8 Å². The van der Waals surface area contributed by atoms with Crippen LogP contribution in [0.4, 0.5) is 0 Å². The van der Waals surface area contributed by atoms with Gasteiger partial charge in [0.15, 0.2) is 0 Å². The van der Waals surface area contributed by atoms with Crippen LogP contribution in [0.1, 0.15) is 18.4 Å². The lowest BCUT2D eigenvalue weighted by molar-refractivity contribution is 0.199. The van der Waals surface area contributed by atoms with Crippen molar-refractivity contribution in [2.24, 2.45) is 0 Å². The molecular weight excluding hydrogens is 257 g/mol. The van der Waals surface area contributed by atoms with E-state index in [1.54, 1.807) is 7.11 Å². The van der Waals surface area contributed by atoms with E-state index in [2.05, 4.69) is 5.32 Å². The van der Waals surface area contributed by atoms with Crippen LogP contribution in [0.2, 0.25) is 10.0 Å². The van der Waals surface area contributed by atoms with Gasteiger partial charge in [0.25, 0.3) is 0 Å². The monoisotopic (exact) mass is 275 g/mol. The van der Waals surface area contributed by atoms with E-state index in [0.29, 0.717) is 0 Å². The summed E-state index contributed by atoms with van der Waals surface area (Å²) in [6, 6.07) is 5.65. The summed E-state index contributed by atoms with van der Waals surface area (Å²) in [6.45, 7) is 2.67. The van der Waals surface area contributed by atoms with E-state index in [4.69, 9.17) is 27.9 Å². The number of unbranched alkanes of at least 4 members (excludes halogenated alkanes) is 1. The van der Waals surface area contributed by atoms with Gasteiger partial charge < -0.3 is 10.1 Å². The Morgan fingerprint density at radius 2 is 1.82 bits per heavy atom. The molecule has 17 heavy (non-hydrogen) atoms. The van der Waals surface area contributed by atoms with E-state index in [-0.39, 0.29) is 0 Å². The summed E-state index contributed by atoms with van der Waals surface area (Å²) in [7, 11) is 1.71. The number of methoxy groups -OCH3 is 1. The summed E-state index contributed by atoms with van der Waals surface area (Å²) < 4.78 is 4.95. The second kappa shape index (κ2) is 8.76. The Bertz CT molecular complexity index is 311. The van der Waals surface area contributed by atoms with E-state index in [1.807, 2.05) is 18.2 Å². The molecule has 2 nitrogen and oxygen atoms in total. The predicted molar refractivity (Wildman–Crippen MR) is 74.1 cm³/mol. The smallest absolute Gasteiger partial charge is 0.0587 e. The van der Waals surface area contributed by atoms with Gasteiger partial charge in [0.05, 0.1) is 6.61 Å². The van der Waals surface area contributed by atoms with E-state index in [1.165, 1.54) is 0 Å². The first-order valence-electron chi connectivity index (χ1n) is 5.88. The zero-order valence-corrected chi connectivity index (χ0v) is 11.7. The maximum absolute atomic E-state index is 6.09. The SMILES string of the molecule is COCCNCCCCc1c(Cl)cccc1Cl. The van der Waals surface area contributed by atoms with E-state index < -0.39 is 0 Å². The van der Waals surface area contributed by atoms with Gasteiger partial charge in [-0.2, -0.15) is 0 Å². The molecule has 0 spiro atoms. The first-order chi connectivity index (χ1) is 8.25.